The number of aromatic nitrogens is 1. The number of hydrogen-bond donors (Lipinski definition) is 6. The Morgan fingerprint density at radius 2 is 1.87 bits per heavy atom. The molecule has 0 saturated carbocycles. The van der Waals surface area contributed by atoms with Gasteiger partial charge in [-0.05, 0) is 75.1 Å². The summed E-state index contributed by atoms with van der Waals surface area (Å²) in [6.07, 6.45) is 6.94. The number of nitrogens with zero attached hydrogens (tertiary/aromatic N) is 1. The Kier molecular flexibility index (Phi) is 11.6. The predicted molar refractivity (Wildman–Crippen MR) is 152 cm³/mol. The molecule has 3 rings (SSSR count). The molecule has 12 heteroatoms. The van der Waals surface area contributed by atoms with E-state index < -0.39 is 47.9 Å². The standard InChI is InChI=1S/C27H40N6O5S/c1-39-14-11-22(26(36)33-13-6-10-23(33)27(37)38)32-25(35)21(9-4-5-12-28)31-24(34)19(29)15-17-16-30-20-8-3-2-7-18(17)20/h2-3,7-8,16,19,21-23,30H,4-6,9-15,28-29H2,1H3,(H,31,34)(H,32,35)(H,37,38). The highest BCUT2D eigenvalue weighted by molar-refractivity contribution is 7.98. The van der Waals surface area contributed by atoms with E-state index in [2.05, 4.69) is 15.6 Å². The number of carbonyl (C=O) groups excluding carboxylic acids is 3. The zero-order chi connectivity index (χ0) is 28.4. The molecule has 0 radical (unpaired) electrons. The molecule has 3 amide bonds. The van der Waals surface area contributed by atoms with E-state index in [0.29, 0.717) is 57.4 Å². The van der Waals surface area contributed by atoms with Crippen LogP contribution < -0.4 is 22.1 Å². The summed E-state index contributed by atoms with van der Waals surface area (Å²) in [5.74, 6) is -1.82. The number of nitrogens with two attached hydrogens (primary N) is 2. The molecule has 4 unspecified atom stereocenters. The number of carboxylic acid groups (broad SMARTS) is 1. The molecule has 11 nitrogen and oxygen atoms in total. The Labute approximate surface area is 232 Å². The minimum absolute atomic E-state index is 0.285. The van der Waals surface area contributed by atoms with Crippen LogP contribution in [0.5, 0.6) is 0 Å². The summed E-state index contributed by atoms with van der Waals surface area (Å²) >= 11 is 1.53. The highest BCUT2D eigenvalue weighted by atomic mass is 32.2. The Balaban J connectivity index is 1.70. The number of carboxylic acids is 1. The second kappa shape index (κ2) is 14.9. The Bertz CT molecular complexity index is 1140. The number of hydrogen-bond acceptors (Lipinski definition) is 7. The number of carbonyl (C=O) groups is 4. The molecule has 1 aromatic heterocycles. The maximum Gasteiger partial charge on any atom is 0.326 e. The topological polar surface area (TPSA) is 184 Å². The molecule has 4 atom stereocenters. The van der Waals surface area contributed by atoms with Crippen molar-refractivity contribution in [2.45, 2.75) is 69.1 Å². The van der Waals surface area contributed by atoms with Crippen LogP contribution in [0.4, 0.5) is 0 Å². The van der Waals surface area contributed by atoms with Gasteiger partial charge in [0.2, 0.25) is 17.7 Å². The molecule has 1 aromatic carbocycles. The summed E-state index contributed by atoms with van der Waals surface area (Å²) in [5.41, 5.74) is 13.7. The van der Waals surface area contributed by atoms with Crippen molar-refractivity contribution >= 4 is 46.4 Å². The summed E-state index contributed by atoms with van der Waals surface area (Å²) in [6, 6.07) is 4.15. The first-order valence-corrected chi connectivity index (χ1v) is 14.8. The normalized spacial score (nSPS) is 17.5. The number of benzene rings is 1. The number of likely N-dealkylation sites (tertiary alicyclic amines) is 1. The molecule has 1 aliphatic rings. The number of para-hydroxylation sites is 1. The summed E-state index contributed by atoms with van der Waals surface area (Å²) < 4.78 is 0. The van der Waals surface area contributed by atoms with Gasteiger partial charge in [0, 0.05) is 23.6 Å². The van der Waals surface area contributed by atoms with Crippen LogP contribution in [-0.2, 0) is 25.6 Å². The monoisotopic (exact) mass is 560 g/mol. The van der Waals surface area contributed by atoms with Crippen LogP contribution in [0.15, 0.2) is 30.5 Å². The molecule has 8 N–H and O–H groups in total. The van der Waals surface area contributed by atoms with Gasteiger partial charge in [-0.2, -0.15) is 11.8 Å². The smallest absolute Gasteiger partial charge is 0.326 e. The van der Waals surface area contributed by atoms with Crippen molar-refractivity contribution in [3.63, 3.8) is 0 Å². The molecule has 214 valence electrons. The van der Waals surface area contributed by atoms with Crippen molar-refractivity contribution in [2.75, 3.05) is 25.1 Å². The van der Waals surface area contributed by atoms with Crippen LogP contribution in [0.25, 0.3) is 10.9 Å². The van der Waals surface area contributed by atoms with Crippen molar-refractivity contribution in [2.24, 2.45) is 11.5 Å². The van der Waals surface area contributed by atoms with Gasteiger partial charge >= 0.3 is 5.97 Å². The summed E-state index contributed by atoms with van der Waals surface area (Å²) in [7, 11) is 0. The molecule has 0 spiro atoms. The molecule has 2 heterocycles. The first-order chi connectivity index (χ1) is 18.8. The quantitative estimate of drug-likeness (QED) is 0.174. The van der Waals surface area contributed by atoms with Gasteiger partial charge in [-0.3, -0.25) is 14.4 Å². The summed E-state index contributed by atoms with van der Waals surface area (Å²) in [4.78, 5) is 55.9. The maximum atomic E-state index is 13.4. The first kappa shape index (κ1) is 30.5. The molecule has 2 aromatic rings. The minimum atomic E-state index is -1.05. The van der Waals surface area contributed by atoms with Gasteiger partial charge < -0.3 is 37.1 Å². The summed E-state index contributed by atoms with van der Waals surface area (Å²) in [6.45, 7) is 0.781. The number of amides is 3. The average molecular weight is 561 g/mol. The molecular weight excluding hydrogens is 520 g/mol. The van der Waals surface area contributed by atoms with Crippen LogP contribution in [0, 0.1) is 0 Å². The number of thioether (sulfide) groups is 1. The lowest BCUT2D eigenvalue weighted by atomic mass is 10.0. The zero-order valence-corrected chi connectivity index (χ0v) is 23.2. The van der Waals surface area contributed by atoms with E-state index >= 15 is 0 Å². The van der Waals surface area contributed by atoms with Crippen LogP contribution in [0.2, 0.25) is 0 Å². The average Bonchev–Trinajstić information content (AvgIpc) is 3.58. The second-order valence-electron chi connectivity index (χ2n) is 9.89. The first-order valence-electron chi connectivity index (χ1n) is 13.4. The third kappa shape index (κ3) is 8.20. The van der Waals surface area contributed by atoms with Gasteiger partial charge in [-0.25, -0.2) is 4.79 Å². The number of aromatic amines is 1. The van der Waals surface area contributed by atoms with Gasteiger partial charge in [0.15, 0.2) is 0 Å². The molecule has 1 fully saturated rings. The van der Waals surface area contributed by atoms with E-state index in [4.69, 9.17) is 11.5 Å². The Morgan fingerprint density at radius 1 is 1.13 bits per heavy atom. The largest absolute Gasteiger partial charge is 0.480 e. The number of unbranched alkanes of at least 4 members (excludes halogenated alkanes) is 1. The van der Waals surface area contributed by atoms with E-state index in [-0.39, 0.29) is 6.42 Å². The Morgan fingerprint density at radius 3 is 2.59 bits per heavy atom. The van der Waals surface area contributed by atoms with E-state index in [9.17, 15) is 24.3 Å². The molecular formula is C27H40N6O5S. The van der Waals surface area contributed by atoms with E-state index in [1.807, 2.05) is 36.7 Å². The van der Waals surface area contributed by atoms with Crippen molar-refractivity contribution in [3.05, 3.63) is 36.0 Å². The van der Waals surface area contributed by atoms with E-state index in [1.165, 1.54) is 16.7 Å². The van der Waals surface area contributed by atoms with Crippen molar-refractivity contribution in [3.8, 4) is 0 Å². The molecule has 1 aliphatic heterocycles. The number of H-pyrrole nitrogens is 1. The SMILES string of the molecule is CSCCC(NC(=O)C(CCCCN)NC(=O)C(N)Cc1c[nH]c2ccccc12)C(=O)N1CCCC1C(=O)O. The van der Waals surface area contributed by atoms with Gasteiger partial charge in [-0.15, -0.1) is 0 Å². The van der Waals surface area contributed by atoms with Crippen molar-refractivity contribution in [1.82, 2.24) is 20.5 Å². The van der Waals surface area contributed by atoms with Crippen molar-refractivity contribution < 1.29 is 24.3 Å². The number of aliphatic carboxylic acids is 1. The fourth-order valence-electron chi connectivity index (χ4n) is 4.92. The zero-order valence-electron chi connectivity index (χ0n) is 22.4. The number of fused-ring (bicyclic) bond motifs is 1. The highest BCUT2D eigenvalue weighted by Gasteiger charge is 2.38. The minimum Gasteiger partial charge on any atom is -0.480 e. The molecule has 1 saturated heterocycles. The van der Waals surface area contributed by atoms with Crippen LogP contribution in [0.3, 0.4) is 0 Å². The Hall–Kier alpha value is -3.09. The number of nitrogens with one attached hydrogen (secondary N) is 3. The molecule has 39 heavy (non-hydrogen) atoms. The lowest BCUT2D eigenvalue weighted by Crippen LogP contribution is -2.57. The number of rotatable bonds is 15. The molecule has 0 bridgehead atoms. The predicted octanol–water partition coefficient (Wildman–Crippen LogP) is 0.965. The van der Waals surface area contributed by atoms with E-state index in [1.54, 1.807) is 0 Å². The van der Waals surface area contributed by atoms with Crippen LogP contribution >= 0.6 is 11.8 Å². The van der Waals surface area contributed by atoms with Crippen LogP contribution in [-0.4, -0.2) is 87.9 Å². The lowest BCUT2D eigenvalue weighted by molar-refractivity contribution is -0.149. The lowest BCUT2D eigenvalue weighted by Gasteiger charge is -2.29. The maximum absolute atomic E-state index is 13.4. The fourth-order valence-corrected chi connectivity index (χ4v) is 5.39. The third-order valence-corrected chi connectivity index (χ3v) is 7.72. The van der Waals surface area contributed by atoms with E-state index in [0.717, 1.165) is 16.5 Å². The van der Waals surface area contributed by atoms with Crippen molar-refractivity contribution in [1.29, 1.82) is 0 Å². The highest BCUT2D eigenvalue weighted by Crippen LogP contribution is 2.21. The van der Waals surface area contributed by atoms with Gasteiger partial charge in [-0.1, -0.05) is 18.2 Å². The van der Waals surface area contributed by atoms with Gasteiger partial charge in [0.05, 0.1) is 6.04 Å². The fraction of sp³-hybridized carbons (Fsp3) is 0.556. The summed E-state index contributed by atoms with van der Waals surface area (Å²) in [5, 5.41) is 16.1. The second-order valence-corrected chi connectivity index (χ2v) is 10.9. The van der Waals surface area contributed by atoms with Crippen LogP contribution in [0.1, 0.15) is 44.1 Å². The molecule has 0 aliphatic carbocycles. The van der Waals surface area contributed by atoms with Gasteiger partial charge in [0.1, 0.15) is 18.1 Å². The third-order valence-electron chi connectivity index (χ3n) is 7.08. The van der Waals surface area contributed by atoms with Gasteiger partial charge in [0.25, 0.3) is 0 Å².